The molecule has 2 heterocycles. The van der Waals surface area contributed by atoms with Crippen LogP contribution >= 0.6 is 0 Å². The highest BCUT2D eigenvalue weighted by molar-refractivity contribution is 5.54. The highest BCUT2D eigenvalue weighted by atomic mass is 16.5. The lowest BCUT2D eigenvalue weighted by molar-refractivity contribution is 0.178. The first-order valence-corrected chi connectivity index (χ1v) is 4.81. The SMILES string of the molecule is COCc1nc(N)cc(-c2nccn2C)n1. The predicted octanol–water partition coefficient (Wildman–Crippen LogP) is 0.606. The van der Waals surface area contributed by atoms with E-state index in [2.05, 4.69) is 15.0 Å². The van der Waals surface area contributed by atoms with Crippen molar-refractivity contribution in [3.63, 3.8) is 0 Å². The Hall–Kier alpha value is -1.95. The van der Waals surface area contributed by atoms with Gasteiger partial charge in [0, 0.05) is 32.6 Å². The van der Waals surface area contributed by atoms with Crippen molar-refractivity contribution >= 4 is 5.82 Å². The van der Waals surface area contributed by atoms with Gasteiger partial charge < -0.3 is 15.0 Å². The van der Waals surface area contributed by atoms with Gasteiger partial charge in [-0.3, -0.25) is 0 Å². The van der Waals surface area contributed by atoms with E-state index in [0.717, 1.165) is 5.82 Å². The van der Waals surface area contributed by atoms with Crippen LogP contribution in [0.2, 0.25) is 0 Å². The quantitative estimate of drug-likeness (QED) is 0.818. The number of anilines is 1. The molecule has 0 aromatic carbocycles. The van der Waals surface area contributed by atoms with Crippen molar-refractivity contribution in [3.05, 3.63) is 24.3 Å². The predicted molar refractivity (Wildman–Crippen MR) is 59.4 cm³/mol. The summed E-state index contributed by atoms with van der Waals surface area (Å²) in [6.45, 7) is 0.336. The minimum Gasteiger partial charge on any atom is -0.384 e. The molecule has 0 saturated heterocycles. The summed E-state index contributed by atoms with van der Waals surface area (Å²) < 4.78 is 6.85. The largest absolute Gasteiger partial charge is 0.384 e. The third-order valence-electron chi connectivity index (χ3n) is 2.12. The number of imidazole rings is 1. The zero-order valence-electron chi connectivity index (χ0n) is 9.21. The van der Waals surface area contributed by atoms with Crippen molar-refractivity contribution < 1.29 is 4.74 Å². The molecule has 0 fully saturated rings. The second-order valence-electron chi connectivity index (χ2n) is 3.39. The van der Waals surface area contributed by atoms with Gasteiger partial charge in [-0.1, -0.05) is 0 Å². The Morgan fingerprint density at radius 1 is 1.44 bits per heavy atom. The van der Waals surface area contributed by atoms with Gasteiger partial charge in [-0.25, -0.2) is 15.0 Å². The Balaban J connectivity index is 2.45. The number of ether oxygens (including phenoxy) is 1. The Morgan fingerprint density at radius 3 is 2.88 bits per heavy atom. The zero-order chi connectivity index (χ0) is 11.5. The van der Waals surface area contributed by atoms with Gasteiger partial charge in [-0.05, 0) is 0 Å². The summed E-state index contributed by atoms with van der Waals surface area (Å²) in [4.78, 5) is 12.6. The minimum absolute atomic E-state index is 0.336. The van der Waals surface area contributed by atoms with Gasteiger partial charge in [0.25, 0.3) is 0 Å². The van der Waals surface area contributed by atoms with E-state index in [1.165, 1.54) is 0 Å². The maximum Gasteiger partial charge on any atom is 0.158 e. The average molecular weight is 219 g/mol. The van der Waals surface area contributed by atoms with Crippen molar-refractivity contribution in [2.45, 2.75) is 6.61 Å². The summed E-state index contributed by atoms with van der Waals surface area (Å²) in [5, 5.41) is 0. The topological polar surface area (TPSA) is 78.9 Å². The highest BCUT2D eigenvalue weighted by Gasteiger charge is 2.08. The summed E-state index contributed by atoms with van der Waals surface area (Å²) in [6, 6.07) is 1.70. The highest BCUT2D eigenvalue weighted by Crippen LogP contribution is 2.16. The van der Waals surface area contributed by atoms with E-state index in [4.69, 9.17) is 10.5 Å². The van der Waals surface area contributed by atoms with Gasteiger partial charge in [0.1, 0.15) is 18.1 Å². The van der Waals surface area contributed by atoms with Crippen molar-refractivity contribution in [2.75, 3.05) is 12.8 Å². The zero-order valence-corrected chi connectivity index (χ0v) is 9.21. The van der Waals surface area contributed by atoms with Gasteiger partial charge >= 0.3 is 0 Å². The van der Waals surface area contributed by atoms with Crippen molar-refractivity contribution in [1.29, 1.82) is 0 Å². The Bertz CT molecular complexity index is 494. The number of nitrogens with zero attached hydrogens (tertiary/aromatic N) is 4. The molecule has 2 aromatic heterocycles. The van der Waals surface area contributed by atoms with Crippen molar-refractivity contribution in [2.24, 2.45) is 7.05 Å². The monoisotopic (exact) mass is 219 g/mol. The van der Waals surface area contributed by atoms with Crippen molar-refractivity contribution in [1.82, 2.24) is 19.5 Å². The maximum absolute atomic E-state index is 5.70. The average Bonchev–Trinajstić information content (AvgIpc) is 2.64. The van der Waals surface area contributed by atoms with Crippen LogP contribution in [0.1, 0.15) is 5.82 Å². The molecule has 0 radical (unpaired) electrons. The molecule has 16 heavy (non-hydrogen) atoms. The molecule has 0 atom stereocenters. The van der Waals surface area contributed by atoms with E-state index in [0.29, 0.717) is 23.9 Å². The van der Waals surface area contributed by atoms with E-state index >= 15 is 0 Å². The molecular weight excluding hydrogens is 206 g/mol. The van der Waals surface area contributed by atoms with Gasteiger partial charge in [-0.15, -0.1) is 0 Å². The molecule has 6 nitrogen and oxygen atoms in total. The lowest BCUT2D eigenvalue weighted by atomic mass is 10.3. The first-order chi connectivity index (χ1) is 7.70. The summed E-state index contributed by atoms with van der Waals surface area (Å²) in [7, 11) is 3.49. The smallest absolute Gasteiger partial charge is 0.158 e. The maximum atomic E-state index is 5.70. The molecule has 6 heteroatoms. The van der Waals surface area contributed by atoms with Crippen LogP contribution in [0.25, 0.3) is 11.5 Å². The number of aryl methyl sites for hydroxylation is 1. The van der Waals surface area contributed by atoms with Crippen LogP contribution in [-0.4, -0.2) is 26.6 Å². The number of hydrogen-bond acceptors (Lipinski definition) is 5. The van der Waals surface area contributed by atoms with Crippen LogP contribution in [0, 0.1) is 0 Å². The fourth-order valence-corrected chi connectivity index (χ4v) is 1.44. The first kappa shape index (κ1) is 10.6. The first-order valence-electron chi connectivity index (χ1n) is 4.81. The minimum atomic E-state index is 0.336. The molecule has 0 saturated carbocycles. The normalized spacial score (nSPS) is 10.6. The lowest BCUT2D eigenvalue weighted by Gasteiger charge is -2.05. The van der Waals surface area contributed by atoms with E-state index in [-0.39, 0.29) is 0 Å². The van der Waals surface area contributed by atoms with Crippen LogP contribution in [0.4, 0.5) is 5.82 Å². The number of nitrogens with two attached hydrogens (primary N) is 1. The molecule has 0 amide bonds. The van der Waals surface area contributed by atoms with Gasteiger partial charge in [-0.2, -0.15) is 0 Å². The number of rotatable bonds is 3. The summed E-state index contributed by atoms with van der Waals surface area (Å²) in [5.74, 6) is 1.73. The second kappa shape index (κ2) is 4.28. The number of aromatic nitrogens is 4. The fourth-order valence-electron chi connectivity index (χ4n) is 1.44. The Kier molecular flexibility index (Phi) is 2.82. The van der Waals surface area contributed by atoms with Crippen LogP contribution in [0.3, 0.4) is 0 Å². The van der Waals surface area contributed by atoms with E-state index in [1.54, 1.807) is 19.4 Å². The van der Waals surface area contributed by atoms with E-state index in [1.807, 2.05) is 17.8 Å². The molecule has 2 aromatic rings. The molecule has 0 spiro atoms. The molecule has 2 N–H and O–H groups in total. The molecule has 2 rings (SSSR count). The molecule has 0 aliphatic rings. The number of nitrogen functional groups attached to an aromatic ring is 1. The lowest BCUT2D eigenvalue weighted by Crippen LogP contribution is -2.04. The summed E-state index contributed by atoms with van der Waals surface area (Å²) in [6.07, 6.45) is 3.56. The standard InChI is InChI=1S/C10H13N5O/c1-15-4-3-12-10(15)7-5-8(11)14-9(13-7)6-16-2/h3-5H,6H2,1-2H3,(H2,11,13,14). The Labute approximate surface area is 93.1 Å². The van der Waals surface area contributed by atoms with Gasteiger partial charge in [0.2, 0.25) is 0 Å². The molecule has 0 bridgehead atoms. The third kappa shape index (κ3) is 2.01. The third-order valence-corrected chi connectivity index (χ3v) is 2.12. The Morgan fingerprint density at radius 2 is 2.25 bits per heavy atom. The van der Waals surface area contributed by atoms with Crippen LogP contribution in [0.15, 0.2) is 18.5 Å². The molecular formula is C10H13N5O. The molecule has 0 aliphatic carbocycles. The van der Waals surface area contributed by atoms with Crippen LogP contribution in [-0.2, 0) is 18.4 Å². The van der Waals surface area contributed by atoms with Crippen LogP contribution < -0.4 is 5.73 Å². The van der Waals surface area contributed by atoms with Crippen LogP contribution in [0.5, 0.6) is 0 Å². The van der Waals surface area contributed by atoms with Gasteiger partial charge in [0.15, 0.2) is 11.6 Å². The molecule has 0 aliphatic heterocycles. The summed E-state index contributed by atoms with van der Waals surface area (Å²) >= 11 is 0. The number of hydrogen-bond donors (Lipinski definition) is 1. The molecule has 0 unspecified atom stereocenters. The van der Waals surface area contributed by atoms with Gasteiger partial charge in [0.05, 0.1) is 0 Å². The second-order valence-corrected chi connectivity index (χ2v) is 3.39. The fraction of sp³-hybridized carbons (Fsp3) is 0.300. The van der Waals surface area contributed by atoms with Crippen molar-refractivity contribution in [3.8, 4) is 11.5 Å². The van der Waals surface area contributed by atoms with E-state index < -0.39 is 0 Å². The molecule has 84 valence electrons. The number of methoxy groups -OCH3 is 1. The van der Waals surface area contributed by atoms with E-state index in [9.17, 15) is 0 Å². The summed E-state index contributed by atoms with van der Waals surface area (Å²) in [5.41, 5.74) is 6.40.